The first-order valence-corrected chi connectivity index (χ1v) is 6.47. The molecule has 106 valence electrons. The van der Waals surface area contributed by atoms with Crippen LogP contribution in [0, 0.1) is 12.8 Å². The summed E-state index contributed by atoms with van der Waals surface area (Å²) in [6, 6.07) is 1.57. The van der Waals surface area contributed by atoms with Crippen molar-refractivity contribution in [2.24, 2.45) is 5.92 Å². The number of hydrogen-bond acceptors (Lipinski definition) is 5. The average molecular weight is 266 g/mol. The molecule has 0 amide bonds. The fourth-order valence-corrected chi connectivity index (χ4v) is 1.45. The van der Waals surface area contributed by atoms with Gasteiger partial charge in [0, 0.05) is 6.61 Å². The first-order chi connectivity index (χ1) is 9.00. The Kier molecular flexibility index (Phi) is 6.29. The highest BCUT2D eigenvalue weighted by molar-refractivity contribution is 5.91. The van der Waals surface area contributed by atoms with E-state index < -0.39 is 5.97 Å². The zero-order chi connectivity index (χ0) is 14.3. The third-order valence-corrected chi connectivity index (χ3v) is 2.63. The van der Waals surface area contributed by atoms with E-state index in [1.54, 1.807) is 13.0 Å². The molecule has 5 heteroatoms. The van der Waals surface area contributed by atoms with Gasteiger partial charge in [0.05, 0.1) is 29.7 Å². The molecule has 0 saturated carbocycles. The number of nitrogen functional groups attached to an aromatic ring is 1. The van der Waals surface area contributed by atoms with Crippen LogP contribution in [0.25, 0.3) is 0 Å². The molecule has 0 saturated heterocycles. The molecule has 5 nitrogen and oxygen atoms in total. The van der Waals surface area contributed by atoms with Crippen LogP contribution in [0.15, 0.2) is 12.3 Å². The van der Waals surface area contributed by atoms with E-state index in [4.69, 9.17) is 15.2 Å². The van der Waals surface area contributed by atoms with Gasteiger partial charge in [-0.1, -0.05) is 13.8 Å². The topological polar surface area (TPSA) is 74.4 Å². The minimum atomic E-state index is -0.412. The second-order valence-electron chi connectivity index (χ2n) is 4.83. The van der Waals surface area contributed by atoms with E-state index in [2.05, 4.69) is 18.8 Å². The number of anilines is 1. The molecule has 0 aliphatic carbocycles. The molecule has 0 atom stereocenters. The quantitative estimate of drug-likeness (QED) is 0.605. The molecule has 0 spiro atoms. The lowest BCUT2D eigenvalue weighted by Crippen LogP contribution is -2.13. The lowest BCUT2D eigenvalue weighted by molar-refractivity contribution is 0.0302. The number of ether oxygens (including phenoxy) is 2. The van der Waals surface area contributed by atoms with Crippen molar-refractivity contribution >= 4 is 11.7 Å². The number of aromatic nitrogens is 1. The number of carbonyl (C=O) groups is 1. The first-order valence-electron chi connectivity index (χ1n) is 6.47. The van der Waals surface area contributed by atoms with Crippen LogP contribution in [0.2, 0.25) is 0 Å². The summed E-state index contributed by atoms with van der Waals surface area (Å²) < 4.78 is 10.5. The van der Waals surface area contributed by atoms with Gasteiger partial charge in [0.15, 0.2) is 0 Å². The number of rotatable bonds is 7. The van der Waals surface area contributed by atoms with Gasteiger partial charge in [0.1, 0.15) is 6.61 Å². The maximum absolute atomic E-state index is 11.8. The summed E-state index contributed by atoms with van der Waals surface area (Å²) >= 11 is 0. The summed E-state index contributed by atoms with van der Waals surface area (Å²) in [5, 5.41) is 0. The minimum Gasteiger partial charge on any atom is -0.460 e. The van der Waals surface area contributed by atoms with Gasteiger partial charge in [-0.05, 0) is 25.3 Å². The minimum absolute atomic E-state index is 0.241. The van der Waals surface area contributed by atoms with Crippen LogP contribution in [0.3, 0.4) is 0 Å². The van der Waals surface area contributed by atoms with E-state index in [0.717, 1.165) is 6.42 Å². The molecule has 1 rings (SSSR count). The molecule has 0 aliphatic heterocycles. The molecule has 1 aromatic heterocycles. The summed E-state index contributed by atoms with van der Waals surface area (Å²) in [5.74, 6) is 0.202. The van der Waals surface area contributed by atoms with Crippen molar-refractivity contribution in [3.05, 3.63) is 23.5 Å². The second kappa shape index (κ2) is 7.74. The summed E-state index contributed by atoms with van der Waals surface area (Å²) in [5.41, 5.74) is 7.06. The lowest BCUT2D eigenvalue weighted by atomic mass is 10.1. The Bertz CT molecular complexity index is 419. The standard InChI is InChI=1S/C14H22N2O3/c1-10(2)4-5-18-6-7-19-14(17)13-8-12(15)9-16-11(13)3/h8-10H,4-7,15H2,1-3H3. The van der Waals surface area contributed by atoms with E-state index >= 15 is 0 Å². The number of aryl methyl sites for hydroxylation is 1. The van der Waals surface area contributed by atoms with Crippen molar-refractivity contribution in [3.63, 3.8) is 0 Å². The van der Waals surface area contributed by atoms with Crippen LogP contribution < -0.4 is 5.73 Å². The van der Waals surface area contributed by atoms with Crippen LogP contribution >= 0.6 is 0 Å². The van der Waals surface area contributed by atoms with Crippen molar-refractivity contribution in [3.8, 4) is 0 Å². The smallest absolute Gasteiger partial charge is 0.340 e. The number of esters is 1. The second-order valence-corrected chi connectivity index (χ2v) is 4.83. The number of pyridine rings is 1. The molecule has 1 aromatic rings. The number of nitrogens with two attached hydrogens (primary N) is 1. The fourth-order valence-electron chi connectivity index (χ4n) is 1.45. The van der Waals surface area contributed by atoms with Gasteiger partial charge in [-0.15, -0.1) is 0 Å². The Balaban J connectivity index is 2.29. The molecule has 2 N–H and O–H groups in total. The molecule has 1 heterocycles. The number of nitrogens with zero attached hydrogens (tertiary/aromatic N) is 1. The van der Waals surface area contributed by atoms with Crippen molar-refractivity contribution < 1.29 is 14.3 Å². The molecule has 19 heavy (non-hydrogen) atoms. The Hall–Kier alpha value is -1.62. The highest BCUT2D eigenvalue weighted by Gasteiger charge is 2.11. The summed E-state index contributed by atoms with van der Waals surface area (Å²) in [6.45, 7) is 7.36. The SMILES string of the molecule is Cc1ncc(N)cc1C(=O)OCCOCCC(C)C. The van der Waals surface area contributed by atoms with Crippen LogP contribution in [-0.2, 0) is 9.47 Å². The molecule has 0 fully saturated rings. The molecular formula is C14H22N2O3. The van der Waals surface area contributed by atoms with Crippen LogP contribution in [0.5, 0.6) is 0 Å². The molecule has 0 aliphatic rings. The van der Waals surface area contributed by atoms with E-state index in [1.165, 1.54) is 6.20 Å². The Morgan fingerprint density at radius 2 is 2.11 bits per heavy atom. The van der Waals surface area contributed by atoms with Gasteiger partial charge >= 0.3 is 5.97 Å². The predicted molar refractivity (Wildman–Crippen MR) is 73.9 cm³/mol. The molecule has 0 bridgehead atoms. The van der Waals surface area contributed by atoms with Gasteiger partial charge in [0.25, 0.3) is 0 Å². The van der Waals surface area contributed by atoms with Gasteiger partial charge in [0.2, 0.25) is 0 Å². The third-order valence-electron chi connectivity index (χ3n) is 2.63. The Labute approximate surface area is 114 Å². The number of hydrogen-bond donors (Lipinski definition) is 1. The molecule has 0 radical (unpaired) electrons. The maximum Gasteiger partial charge on any atom is 0.340 e. The van der Waals surface area contributed by atoms with Crippen LogP contribution in [0.4, 0.5) is 5.69 Å². The summed E-state index contributed by atoms with van der Waals surface area (Å²) in [7, 11) is 0. The van der Waals surface area contributed by atoms with E-state index in [0.29, 0.717) is 36.1 Å². The van der Waals surface area contributed by atoms with Gasteiger partial charge in [-0.25, -0.2) is 4.79 Å². The van der Waals surface area contributed by atoms with Gasteiger partial charge in [-0.2, -0.15) is 0 Å². The van der Waals surface area contributed by atoms with E-state index in [1.807, 2.05) is 0 Å². The Morgan fingerprint density at radius 1 is 1.37 bits per heavy atom. The normalized spacial score (nSPS) is 10.7. The van der Waals surface area contributed by atoms with E-state index in [-0.39, 0.29) is 6.61 Å². The maximum atomic E-state index is 11.8. The third kappa shape index (κ3) is 5.70. The fraction of sp³-hybridized carbons (Fsp3) is 0.571. The monoisotopic (exact) mass is 266 g/mol. The van der Waals surface area contributed by atoms with Crippen molar-refractivity contribution in [2.75, 3.05) is 25.6 Å². The largest absolute Gasteiger partial charge is 0.460 e. The average Bonchev–Trinajstić information content (AvgIpc) is 2.36. The van der Waals surface area contributed by atoms with Crippen LogP contribution in [-0.4, -0.2) is 30.8 Å². The summed E-state index contributed by atoms with van der Waals surface area (Å²) in [6.07, 6.45) is 2.52. The highest BCUT2D eigenvalue weighted by Crippen LogP contribution is 2.10. The molecule has 0 aromatic carbocycles. The van der Waals surface area contributed by atoms with Crippen LogP contribution in [0.1, 0.15) is 36.3 Å². The van der Waals surface area contributed by atoms with Crippen molar-refractivity contribution in [1.82, 2.24) is 4.98 Å². The van der Waals surface area contributed by atoms with Gasteiger partial charge < -0.3 is 15.2 Å². The highest BCUT2D eigenvalue weighted by atomic mass is 16.6. The molecular weight excluding hydrogens is 244 g/mol. The first kappa shape index (κ1) is 15.4. The summed E-state index contributed by atoms with van der Waals surface area (Å²) in [4.78, 5) is 15.8. The Morgan fingerprint density at radius 3 is 2.79 bits per heavy atom. The van der Waals surface area contributed by atoms with Gasteiger partial charge in [-0.3, -0.25) is 4.98 Å². The van der Waals surface area contributed by atoms with Crippen molar-refractivity contribution in [1.29, 1.82) is 0 Å². The molecule has 0 unspecified atom stereocenters. The zero-order valence-electron chi connectivity index (χ0n) is 11.8. The van der Waals surface area contributed by atoms with Crippen molar-refractivity contribution in [2.45, 2.75) is 27.2 Å². The zero-order valence-corrected chi connectivity index (χ0v) is 11.8. The lowest BCUT2D eigenvalue weighted by Gasteiger charge is -2.08. The number of carbonyl (C=O) groups excluding carboxylic acids is 1. The van der Waals surface area contributed by atoms with E-state index in [9.17, 15) is 4.79 Å². The predicted octanol–water partition coefficient (Wildman–Crippen LogP) is 2.19.